The summed E-state index contributed by atoms with van der Waals surface area (Å²) >= 11 is 5.83. The van der Waals surface area contributed by atoms with Gasteiger partial charge in [-0.1, -0.05) is 35.5 Å². The van der Waals surface area contributed by atoms with E-state index in [4.69, 9.17) is 17.3 Å². The smallest absolute Gasteiger partial charge is 0.389 e. The molecule has 0 radical (unpaired) electrons. The van der Waals surface area contributed by atoms with E-state index in [9.17, 15) is 26.0 Å². The highest BCUT2D eigenvalue weighted by molar-refractivity contribution is 7.89. The summed E-state index contributed by atoms with van der Waals surface area (Å²) in [7, 11) is -4.44. The molecular weight excluding hydrogens is 500 g/mol. The van der Waals surface area contributed by atoms with Crippen molar-refractivity contribution in [1.29, 1.82) is 0 Å². The van der Waals surface area contributed by atoms with Gasteiger partial charge in [0.25, 0.3) is 0 Å². The lowest BCUT2D eigenvalue weighted by Gasteiger charge is -2.31. The van der Waals surface area contributed by atoms with Crippen molar-refractivity contribution < 1.29 is 30.5 Å². The monoisotopic (exact) mass is 518 g/mol. The Morgan fingerprint density at radius 3 is 2.41 bits per heavy atom. The van der Waals surface area contributed by atoms with Crippen molar-refractivity contribution in [2.45, 2.75) is 36.5 Å². The SMILES string of the molecule is C=C(N)[C@@H](CCC(F)(F)F)N(Cc1ccc(-c2ncon2)cc1F)S(=O)(=O)c1ccc(Cl)cc1. The molecule has 0 fully saturated rings. The van der Waals surface area contributed by atoms with Gasteiger partial charge in [-0.05, 0) is 36.8 Å². The van der Waals surface area contributed by atoms with Crippen LogP contribution in [0.5, 0.6) is 0 Å². The number of rotatable bonds is 9. The van der Waals surface area contributed by atoms with Crippen LogP contribution in [0.15, 0.2) is 70.6 Å². The van der Waals surface area contributed by atoms with E-state index < -0.39 is 47.4 Å². The van der Waals surface area contributed by atoms with Crippen LogP contribution in [-0.4, -0.2) is 35.1 Å². The van der Waals surface area contributed by atoms with E-state index in [-0.39, 0.29) is 32.6 Å². The number of halogens is 5. The summed E-state index contributed by atoms with van der Waals surface area (Å²) in [5, 5.41) is 3.85. The third-order valence-corrected chi connectivity index (χ3v) is 7.02. The molecule has 0 bridgehead atoms. The van der Waals surface area contributed by atoms with Crippen molar-refractivity contribution in [2.75, 3.05) is 0 Å². The van der Waals surface area contributed by atoms with Crippen molar-refractivity contribution in [2.24, 2.45) is 5.73 Å². The van der Waals surface area contributed by atoms with E-state index in [1.54, 1.807) is 0 Å². The standard InChI is InChI=1S/C21H19ClF4N4O3S/c1-13(27)19(8-9-21(24,25)26)30(34(31,32)17-6-4-16(22)5-7-17)11-15-3-2-14(10-18(15)23)20-28-12-33-29-20/h2-7,10,12,19H,1,8-9,11,27H2/t19-/m1/s1. The van der Waals surface area contributed by atoms with Crippen LogP contribution in [0.3, 0.4) is 0 Å². The summed E-state index contributed by atoms with van der Waals surface area (Å²) in [6.45, 7) is 2.86. The van der Waals surface area contributed by atoms with Gasteiger partial charge in [0.05, 0.1) is 10.9 Å². The van der Waals surface area contributed by atoms with Gasteiger partial charge in [-0.25, -0.2) is 12.8 Å². The van der Waals surface area contributed by atoms with Crippen LogP contribution >= 0.6 is 11.6 Å². The minimum absolute atomic E-state index is 0.106. The van der Waals surface area contributed by atoms with Gasteiger partial charge in [0, 0.05) is 34.8 Å². The van der Waals surface area contributed by atoms with E-state index in [1.807, 2.05) is 0 Å². The molecule has 1 atom stereocenters. The predicted octanol–water partition coefficient (Wildman–Crippen LogP) is 4.90. The Morgan fingerprint density at radius 1 is 1.21 bits per heavy atom. The van der Waals surface area contributed by atoms with E-state index in [0.29, 0.717) is 4.31 Å². The minimum atomic E-state index is -4.57. The van der Waals surface area contributed by atoms with Gasteiger partial charge < -0.3 is 10.3 Å². The molecule has 2 N–H and O–H groups in total. The first-order valence-corrected chi connectivity index (χ1v) is 11.5. The molecule has 182 valence electrons. The third kappa shape index (κ3) is 6.13. The maximum atomic E-state index is 14.9. The van der Waals surface area contributed by atoms with Gasteiger partial charge in [-0.2, -0.15) is 22.5 Å². The molecule has 1 aromatic heterocycles. The van der Waals surface area contributed by atoms with Gasteiger partial charge in [-0.3, -0.25) is 0 Å². The normalized spacial score (nSPS) is 13.2. The molecule has 2 aromatic carbocycles. The molecule has 0 aliphatic carbocycles. The maximum Gasteiger partial charge on any atom is 0.389 e. The zero-order valence-corrected chi connectivity index (χ0v) is 19.0. The fraction of sp³-hybridized carbons (Fsp3) is 0.238. The van der Waals surface area contributed by atoms with E-state index >= 15 is 0 Å². The fourth-order valence-electron chi connectivity index (χ4n) is 3.20. The van der Waals surface area contributed by atoms with Gasteiger partial charge in [0.2, 0.25) is 22.2 Å². The van der Waals surface area contributed by atoms with Crippen LogP contribution in [0.1, 0.15) is 18.4 Å². The second-order valence-corrected chi connectivity index (χ2v) is 9.64. The Kier molecular flexibility index (Phi) is 7.64. The molecule has 3 rings (SSSR count). The number of benzene rings is 2. The molecular formula is C21H19ClF4N4O3S. The Hall–Kier alpha value is -2.96. The number of hydrogen-bond acceptors (Lipinski definition) is 6. The van der Waals surface area contributed by atoms with Crippen molar-refractivity contribution in [3.05, 3.63) is 77.5 Å². The molecule has 7 nitrogen and oxygen atoms in total. The van der Waals surface area contributed by atoms with Crippen LogP contribution in [0.4, 0.5) is 17.6 Å². The molecule has 0 saturated heterocycles. The van der Waals surface area contributed by atoms with Crippen molar-refractivity contribution in [3.8, 4) is 11.4 Å². The van der Waals surface area contributed by atoms with Crippen molar-refractivity contribution >= 4 is 21.6 Å². The Balaban J connectivity index is 2.03. The summed E-state index contributed by atoms with van der Waals surface area (Å²) < 4.78 is 86.0. The maximum absolute atomic E-state index is 14.9. The van der Waals surface area contributed by atoms with Crippen LogP contribution in [-0.2, 0) is 16.6 Å². The van der Waals surface area contributed by atoms with Gasteiger partial charge in [0.15, 0.2) is 0 Å². The second-order valence-electron chi connectivity index (χ2n) is 7.31. The second kappa shape index (κ2) is 10.1. The average Bonchev–Trinajstić information content (AvgIpc) is 3.28. The lowest BCUT2D eigenvalue weighted by Crippen LogP contribution is -2.43. The predicted molar refractivity (Wildman–Crippen MR) is 116 cm³/mol. The number of nitrogens with two attached hydrogens (primary N) is 1. The summed E-state index contributed by atoms with van der Waals surface area (Å²) in [5.74, 6) is -0.717. The largest absolute Gasteiger partial charge is 0.401 e. The number of hydrogen-bond donors (Lipinski definition) is 1. The molecule has 0 aliphatic heterocycles. The van der Waals surface area contributed by atoms with Crippen LogP contribution in [0.25, 0.3) is 11.4 Å². The lowest BCUT2D eigenvalue weighted by molar-refractivity contribution is -0.137. The third-order valence-electron chi connectivity index (χ3n) is 4.90. The van der Waals surface area contributed by atoms with Crippen molar-refractivity contribution in [1.82, 2.24) is 14.4 Å². The first-order chi connectivity index (χ1) is 15.9. The number of alkyl halides is 3. The highest BCUT2D eigenvalue weighted by Crippen LogP contribution is 2.31. The van der Waals surface area contributed by atoms with Gasteiger partial charge in [0.1, 0.15) is 5.82 Å². The Morgan fingerprint density at radius 2 is 1.88 bits per heavy atom. The molecule has 0 saturated carbocycles. The molecule has 0 amide bonds. The molecule has 3 aromatic rings. The summed E-state index contributed by atoms with van der Waals surface area (Å²) in [6, 6.07) is 7.34. The van der Waals surface area contributed by atoms with Crippen LogP contribution in [0.2, 0.25) is 5.02 Å². The summed E-state index contributed by atoms with van der Waals surface area (Å²) in [4.78, 5) is 3.56. The van der Waals surface area contributed by atoms with Crippen LogP contribution in [0, 0.1) is 5.82 Å². The van der Waals surface area contributed by atoms with E-state index in [2.05, 4.69) is 21.2 Å². The summed E-state index contributed by atoms with van der Waals surface area (Å²) in [6.07, 6.45) is -5.53. The molecule has 0 unspecified atom stereocenters. The summed E-state index contributed by atoms with van der Waals surface area (Å²) in [5.41, 5.74) is 5.58. The molecule has 0 spiro atoms. The minimum Gasteiger partial charge on any atom is -0.401 e. The zero-order valence-electron chi connectivity index (χ0n) is 17.5. The van der Waals surface area contributed by atoms with Gasteiger partial charge >= 0.3 is 6.18 Å². The highest BCUT2D eigenvalue weighted by Gasteiger charge is 2.36. The molecule has 0 aliphatic rings. The first-order valence-electron chi connectivity index (χ1n) is 9.72. The first kappa shape index (κ1) is 25.7. The topological polar surface area (TPSA) is 102 Å². The average molecular weight is 519 g/mol. The van der Waals surface area contributed by atoms with E-state index in [1.165, 1.54) is 36.4 Å². The van der Waals surface area contributed by atoms with E-state index in [0.717, 1.165) is 12.5 Å². The lowest BCUT2D eigenvalue weighted by atomic mass is 10.1. The molecule has 13 heteroatoms. The molecule has 34 heavy (non-hydrogen) atoms. The molecule has 1 heterocycles. The van der Waals surface area contributed by atoms with Crippen molar-refractivity contribution in [3.63, 3.8) is 0 Å². The highest BCUT2D eigenvalue weighted by atomic mass is 35.5. The van der Waals surface area contributed by atoms with Gasteiger partial charge in [-0.15, -0.1) is 0 Å². The zero-order chi connectivity index (χ0) is 25.1. The fourth-order valence-corrected chi connectivity index (χ4v) is 4.96. The Bertz CT molecular complexity index is 1250. The Labute approximate surface area is 197 Å². The van der Waals surface area contributed by atoms with Crippen LogP contribution < -0.4 is 5.73 Å². The number of nitrogens with zero attached hydrogens (tertiary/aromatic N) is 3. The quantitative estimate of drug-likeness (QED) is 0.404. The number of sulfonamides is 1. The number of aromatic nitrogens is 2.